The molecule has 0 radical (unpaired) electrons. The van der Waals surface area contributed by atoms with E-state index in [0.29, 0.717) is 30.5 Å². The molecule has 7 heteroatoms. The fraction of sp³-hybridized carbons (Fsp3) is 0.316. The van der Waals surface area contributed by atoms with Crippen molar-refractivity contribution in [2.24, 2.45) is 0 Å². The van der Waals surface area contributed by atoms with E-state index in [1.807, 2.05) is 48.7 Å². The fourth-order valence-corrected chi connectivity index (χ4v) is 3.53. The van der Waals surface area contributed by atoms with E-state index in [1.165, 1.54) is 0 Å². The van der Waals surface area contributed by atoms with Crippen LogP contribution in [0.25, 0.3) is 0 Å². The quantitative estimate of drug-likeness (QED) is 0.843. The maximum Gasteiger partial charge on any atom is 0.269 e. The van der Waals surface area contributed by atoms with Crippen LogP contribution in [0.5, 0.6) is 0 Å². The minimum atomic E-state index is -0.138. The zero-order chi connectivity index (χ0) is 17.9. The van der Waals surface area contributed by atoms with Gasteiger partial charge in [0.05, 0.1) is 18.9 Å². The third-order valence-electron chi connectivity index (χ3n) is 4.70. The van der Waals surface area contributed by atoms with E-state index < -0.39 is 0 Å². The minimum absolute atomic E-state index is 0.0730. The molecule has 26 heavy (non-hydrogen) atoms. The van der Waals surface area contributed by atoms with Crippen LogP contribution in [0, 0.1) is 0 Å². The first-order chi connectivity index (χ1) is 12.7. The molecule has 0 bridgehead atoms. The van der Waals surface area contributed by atoms with E-state index in [1.54, 1.807) is 0 Å². The van der Waals surface area contributed by atoms with Crippen LogP contribution in [0.3, 0.4) is 0 Å². The molecule has 1 atom stereocenters. The van der Waals surface area contributed by atoms with Crippen LogP contribution in [0.2, 0.25) is 5.02 Å². The highest BCUT2D eigenvalue weighted by molar-refractivity contribution is 6.31. The summed E-state index contributed by atoms with van der Waals surface area (Å²) >= 11 is 6.18. The average Bonchev–Trinajstić information content (AvgIpc) is 3.08. The Morgan fingerprint density at radius 2 is 2.08 bits per heavy atom. The van der Waals surface area contributed by atoms with Crippen molar-refractivity contribution in [3.8, 4) is 0 Å². The predicted octanol–water partition coefficient (Wildman–Crippen LogP) is 1.77. The number of nitrogens with zero attached hydrogens (tertiary/aromatic N) is 2. The number of amides is 1. The van der Waals surface area contributed by atoms with Gasteiger partial charge in [-0.2, -0.15) is 0 Å². The smallest absolute Gasteiger partial charge is 0.269 e. The molecule has 1 unspecified atom stereocenters. The van der Waals surface area contributed by atoms with Crippen molar-refractivity contribution in [2.45, 2.75) is 12.8 Å². The maximum absolute atomic E-state index is 12.8. The molecule has 136 valence electrons. The standard InChI is InChI=1S/C19H21ClN4O2/c20-15-6-2-1-5-14(15)13-21-18(25)17-16-7-3-4-8-24(16)19(22-17)23-9-11-26-12-10-23/h1-8,19,22H,9-13H2,(H,21,25). The lowest BCUT2D eigenvalue weighted by atomic mass is 10.2. The van der Waals surface area contributed by atoms with Crippen molar-refractivity contribution in [2.75, 3.05) is 26.3 Å². The van der Waals surface area contributed by atoms with Gasteiger partial charge in [-0.1, -0.05) is 35.9 Å². The molecule has 1 saturated heterocycles. The lowest BCUT2D eigenvalue weighted by Gasteiger charge is -2.37. The van der Waals surface area contributed by atoms with Gasteiger partial charge in [-0.05, 0) is 23.8 Å². The Labute approximate surface area is 157 Å². The molecular formula is C19H21ClN4O2. The molecule has 0 aromatic heterocycles. The molecule has 2 N–H and O–H groups in total. The van der Waals surface area contributed by atoms with E-state index in [0.717, 1.165) is 24.4 Å². The molecule has 1 aromatic carbocycles. The number of halogens is 1. The van der Waals surface area contributed by atoms with Crippen molar-refractivity contribution >= 4 is 17.5 Å². The Morgan fingerprint density at radius 1 is 1.27 bits per heavy atom. The Kier molecular flexibility index (Phi) is 4.97. The largest absolute Gasteiger partial charge is 0.379 e. The number of morpholine rings is 1. The third kappa shape index (κ3) is 3.35. The van der Waals surface area contributed by atoms with Crippen molar-refractivity contribution in [1.82, 2.24) is 20.4 Å². The van der Waals surface area contributed by atoms with Gasteiger partial charge in [0, 0.05) is 30.9 Å². The number of nitrogens with one attached hydrogen (secondary N) is 2. The molecular weight excluding hydrogens is 352 g/mol. The monoisotopic (exact) mass is 372 g/mol. The van der Waals surface area contributed by atoms with E-state index >= 15 is 0 Å². The van der Waals surface area contributed by atoms with Gasteiger partial charge < -0.3 is 20.3 Å². The number of hydrogen-bond donors (Lipinski definition) is 2. The Bertz CT molecular complexity index is 783. The number of allylic oxidation sites excluding steroid dienone is 3. The minimum Gasteiger partial charge on any atom is -0.379 e. The average molecular weight is 373 g/mol. The van der Waals surface area contributed by atoms with Gasteiger partial charge in [0.25, 0.3) is 5.91 Å². The molecule has 6 nitrogen and oxygen atoms in total. The number of hydrogen-bond acceptors (Lipinski definition) is 5. The van der Waals surface area contributed by atoms with Gasteiger partial charge in [-0.3, -0.25) is 9.69 Å². The van der Waals surface area contributed by atoms with Gasteiger partial charge in [0.15, 0.2) is 6.29 Å². The first-order valence-electron chi connectivity index (χ1n) is 8.71. The van der Waals surface area contributed by atoms with Crippen molar-refractivity contribution in [1.29, 1.82) is 0 Å². The maximum atomic E-state index is 12.8. The van der Waals surface area contributed by atoms with Crippen LogP contribution in [0.4, 0.5) is 0 Å². The van der Waals surface area contributed by atoms with Crippen LogP contribution in [0.15, 0.2) is 60.1 Å². The van der Waals surface area contributed by atoms with Gasteiger partial charge in [-0.15, -0.1) is 0 Å². The molecule has 1 fully saturated rings. The van der Waals surface area contributed by atoms with Crippen molar-refractivity contribution < 1.29 is 9.53 Å². The van der Waals surface area contributed by atoms with Gasteiger partial charge in [-0.25, -0.2) is 0 Å². The SMILES string of the molecule is O=C(NCc1ccccc1Cl)C1=C2C=CC=CN2C(N2CCOCC2)N1. The van der Waals surface area contributed by atoms with E-state index in [4.69, 9.17) is 16.3 Å². The number of rotatable bonds is 4. The predicted molar refractivity (Wildman–Crippen MR) is 99.8 cm³/mol. The van der Waals surface area contributed by atoms with Crippen LogP contribution < -0.4 is 10.6 Å². The first-order valence-corrected chi connectivity index (χ1v) is 9.09. The summed E-state index contributed by atoms with van der Waals surface area (Å²) in [6, 6.07) is 7.52. The zero-order valence-electron chi connectivity index (χ0n) is 14.3. The lowest BCUT2D eigenvalue weighted by Crippen LogP contribution is -2.54. The van der Waals surface area contributed by atoms with E-state index in [2.05, 4.69) is 20.4 Å². The van der Waals surface area contributed by atoms with Crippen LogP contribution in [-0.2, 0) is 16.1 Å². The Hall–Kier alpha value is -2.28. The van der Waals surface area contributed by atoms with E-state index in [9.17, 15) is 4.79 Å². The highest BCUT2D eigenvalue weighted by Crippen LogP contribution is 2.27. The fourth-order valence-electron chi connectivity index (χ4n) is 3.33. The van der Waals surface area contributed by atoms with Crippen LogP contribution >= 0.6 is 11.6 Å². The molecule has 0 spiro atoms. The molecule has 0 aliphatic carbocycles. The summed E-state index contributed by atoms with van der Waals surface area (Å²) in [5.74, 6) is -0.138. The third-order valence-corrected chi connectivity index (χ3v) is 5.07. The summed E-state index contributed by atoms with van der Waals surface area (Å²) in [6.45, 7) is 3.45. The number of benzene rings is 1. The molecule has 4 rings (SSSR count). The summed E-state index contributed by atoms with van der Waals surface area (Å²) < 4.78 is 5.44. The second-order valence-corrected chi connectivity index (χ2v) is 6.72. The molecule has 3 aliphatic heterocycles. The van der Waals surface area contributed by atoms with Crippen molar-refractivity contribution in [3.05, 3.63) is 70.7 Å². The van der Waals surface area contributed by atoms with Crippen LogP contribution in [-0.4, -0.2) is 48.3 Å². The van der Waals surface area contributed by atoms with Gasteiger partial charge in [0.1, 0.15) is 5.70 Å². The van der Waals surface area contributed by atoms with Gasteiger partial charge in [0.2, 0.25) is 0 Å². The number of carbonyl (C=O) groups is 1. The van der Waals surface area contributed by atoms with Gasteiger partial charge >= 0.3 is 0 Å². The second kappa shape index (κ2) is 7.53. The second-order valence-electron chi connectivity index (χ2n) is 6.31. The zero-order valence-corrected chi connectivity index (χ0v) is 15.1. The number of fused-ring (bicyclic) bond motifs is 1. The Balaban J connectivity index is 1.49. The molecule has 1 amide bonds. The lowest BCUT2D eigenvalue weighted by molar-refractivity contribution is -0.118. The summed E-state index contributed by atoms with van der Waals surface area (Å²) in [5, 5.41) is 7.00. The number of ether oxygens (including phenoxy) is 1. The highest BCUT2D eigenvalue weighted by Gasteiger charge is 2.36. The molecule has 0 saturated carbocycles. The summed E-state index contributed by atoms with van der Waals surface area (Å²) in [5.41, 5.74) is 2.35. The summed E-state index contributed by atoms with van der Waals surface area (Å²) in [4.78, 5) is 17.2. The Morgan fingerprint density at radius 3 is 2.88 bits per heavy atom. The molecule has 3 aliphatic rings. The first kappa shape index (κ1) is 17.1. The van der Waals surface area contributed by atoms with Crippen molar-refractivity contribution in [3.63, 3.8) is 0 Å². The van der Waals surface area contributed by atoms with Crippen LogP contribution in [0.1, 0.15) is 5.56 Å². The topological polar surface area (TPSA) is 56.8 Å². The summed E-state index contributed by atoms with van der Waals surface area (Å²) in [6.07, 6.45) is 7.80. The molecule has 3 heterocycles. The van der Waals surface area contributed by atoms with E-state index in [-0.39, 0.29) is 12.2 Å². The number of carbonyl (C=O) groups excluding carboxylic acids is 1. The molecule has 1 aromatic rings. The highest BCUT2D eigenvalue weighted by atomic mass is 35.5. The summed E-state index contributed by atoms with van der Waals surface area (Å²) in [7, 11) is 0. The normalized spacial score (nSPS) is 22.3.